The molecule has 130 valence electrons. The fourth-order valence-electron chi connectivity index (χ4n) is 1.70. The molecule has 0 saturated heterocycles. The van der Waals surface area contributed by atoms with Crippen molar-refractivity contribution in [2.45, 2.75) is 39.1 Å². The number of aromatic nitrogens is 1. The number of hydrogen-bond donors (Lipinski definition) is 1. The molecule has 0 aliphatic heterocycles. The molecule has 0 radical (unpaired) electrons. The standard InChI is InChI=1S/C14H18ClF3N2O3/c1-9(2)23-5-3-4-19-12(21)8-20-7-10(14(16,17)18)6-11(15)13(20)22/h6-7,9H,3-5,8H2,1-2H3,(H,19,21). The Balaban J connectivity index is 2.64. The summed E-state index contributed by atoms with van der Waals surface area (Å²) in [4.78, 5) is 23.4. The molecule has 0 atom stereocenters. The zero-order valence-electron chi connectivity index (χ0n) is 12.7. The van der Waals surface area contributed by atoms with E-state index in [4.69, 9.17) is 16.3 Å². The van der Waals surface area contributed by atoms with E-state index in [0.717, 1.165) is 0 Å². The van der Waals surface area contributed by atoms with Crippen LogP contribution < -0.4 is 10.9 Å². The van der Waals surface area contributed by atoms with Crippen LogP contribution in [0.5, 0.6) is 0 Å². The lowest BCUT2D eigenvalue weighted by molar-refractivity contribution is -0.138. The molecule has 0 spiro atoms. The zero-order valence-corrected chi connectivity index (χ0v) is 13.5. The first-order chi connectivity index (χ1) is 10.6. The van der Waals surface area contributed by atoms with Gasteiger partial charge in [-0.25, -0.2) is 0 Å². The minimum absolute atomic E-state index is 0.0801. The molecule has 23 heavy (non-hydrogen) atoms. The van der Waals surface area contributed by atoms with Gasteiger partial charge in [-0.05, 0) is 26.3 Å². The van der Waals surface area contributed by atoms with Gasteiger partial charge >= 0.3 is 6.18 Å². The van der Waals surface area contributed by atoms with Crippen LogP contribution in [0.1, 0.15) is 25.8 Å². The maximum Gasteiger partial charge on any atom is 0.417 e. The Bertz CT molecular complexity index is 600. The van der Waals surface area contributed by atoms with Gasteiger partial charge in [0.1, 0.15) is 11.6 Å². The smallest absolute Gasteiger partial charge is 0.379 e. The van der Waals surface area contributed by atoms with E-state index in [9.17, 15) is 22.8 Å². The number of hydrogen-bond acceptors (Lipinski definition) is 3. The Labute approximate surface area is 136 Å². The topological polar surface area (TPSA) is 60.3 Å². The third-order valence-corrected chi connectivity index (χ3v) is 3.05. The molecule has 0 bridgehead atoms. The van der Waals surface area contributed by atoms with E-state index < -0.39 is 34.8 Å². The molecule has 5 nitrogen and oxygen atoms in total. The second-order valence-electron chi connectivity index (χ2n) is 5.13. The number of ether oxygens (including phenoxy) is 1. The van der Waals surface area contributed by atoms with Crippen molar-refractivity contribution in [3.63, 3.8) is 0 Å². The van der Waals surface area contributed by atoms with Crippen LogP contribution in [0.2, 0.25) is 5.02 Å². The number of alkyl halides is 3. The average Bonchev–Trinajstić information content (AvgIpc) is 2.41. The van der Waals surface area contributed by atoms with Crippen molar-refractivity contribution in [2.24, 2.45) is 0 Å². The molecule has 0 unspecified atom stereocenters. The van der Waals surface area contributed by atoms with Gasteiger partial charge in [0.25, 0.3) is 5.56 Å². The van der Waals surface area contributed by atoms with E-state index in [1.807, 2.05) is 13.8 Å². The summed E-state index contributed by atoms with van der Waals surface area (Å²) < 4.78 is 44.0. The van der Waals surface area contributed by atoms with Gasteiger partial charge in [-0.2, -0.15) is 13.2 Å². The number of pyridine rings is 1. The lowest BCUT2D eigenvalue weighted by atomic mass is 10.2. The maximum atomic E-state index is 12.7. The molecule has 1 rings (SSSR count). The minimum Gasteiger partial charge on any atom is -0.379 e. The summed E-state index contributed by atoms with van der Waals surface area (Å²) in [6, 6.07) is 0.543. The predicted molar refractivity (Wildman–Crippen MR) is 79.4 cm³/mol. The lowest BCUT2D eigenvalue weighted by Crippen LogP contribution is -2.33. The number of nitrogens with one attached hydrogen (secondary N) is 1. The van der Waals surface area contributed by atoms with Crippen molar-refractivity contribution >= 4 is 17.5 Å². The molecule has 0 aliphatic rings. The van der Waals surface area contributed by atoms with Crippen LogP contribution in [0.25, 0.3) is 0 Å². The number of nitrogens with zero attached hydrogens (tertiary/aromatic N) is 1. The van der Waals surface area contributed by atoms with E-state index in [1.54, 1.807) is 0 Å². The molecule has 0 saturated carbocycles. The Morgan fingerprint density at radius 3 is 2.65 bits per heavy atom. The second-order valence-corrected chi connectivity index (χ2v) is 5.54. The molecule has 1 aromatic rings. The highest BCUT2D eigenvalue weighted by Gasteiger charge is 2.32. The van der Waals surface area contributed by atoms with E-state index in [2.05, 4.69) is 5.32 Å². The van der Waals surface area contributed by atoms with Crippen LogP contribution in [0.3, 0.4) is 0 Å². The quantitative estimate of drug-likeness (QED) is 0.765. The summed E-state index contributed by atoms with van der Waals surface area (Å²) in [6.07, 6.45) is -3.43. The van der Waals surface area contributed by atoms with Crippen LogP contribution in [0, 0.1) is 0 Å². The summed E-state index contributed by atoms with van der Waals surface area (Å²) in [5, 5.41) is 1.92. The van der Waals surface area contributed by atoms with Gasteiger partial charge in [0.15, 0.2) is 0 Å². The van der Waals surface area contributed by atoms with Crippen LogP contribution in [0.4, 0.5) is 13.2 Å². The van der Waals surface area contributed by atoms with Gasteiger partial charge in [0.05, 0.1) is 11.7 Å². The molecule has 1 heterocycles. The van der Waals surface area contributed by atoms with Crippen molar-refractivity contribution in [1.29, 1.82) is 0 Å². The van der Waals surface area contributed by atoms with Crippen LogP contribution >= 0.6 is 11.6 Å². The SMILES string of the molecule is CC(C)OCCCNC(=O)Cn1cc(C(F)(F)F)cc(Cl)c1=O. The first kappa shape index (κ1) is 19.5. The van der Waals surface area contributed by atoms with Crippen molar-refractivity contribution < 1.29 is 22.7 Å². The van der Waals surface area contributed by atoms with Crippen LogP contribution in [-0.4, -0.2) is 29.7 Å². The summed E-state index contributed by atoms with van der Waals surface area (Å²) >= 11 is 5.50. The Kier molecular flexibility index (Phi) is 7.08. The average molecular weight is 355 g/mol. The van der Waals surface area contributed by atoms with E-state index in [-0.39, 0.29) is 6.10 Å². The van der Waals surface area contributed by atoms with Crippen molar-refractivity contribution in [2.75, 3.05) is 13.2 Å². The van der Waals surface area contributed by atoms with Crippen LogP contribution in [-0.2, 0) is 22.3 Å². The molecule has 1 amide bonds. The van der Waals surface area contributed by atoms with Gasteiger partial charge in [0, 0.05) is 19.3 Å². The molecule has 1 aromatic heterocycles. The van der Waals surface area contributed by atoms with Crippen molar-refractivity contribution in [3.05, 3.63) is 33.2 Å². The fourth-order valence-corrected chi connectivity index (χ4v) is 1.93. The normalized spacial score (nSPS) is 11.8. The largest absolute Gasteiger partial charge is 0.417 e. The number of carbonyl (C=O) groups is 1. The second kappa shape index (κ2) is 8.35. The van der Waals surface area contributed by atoms with E-state index >= 15 is 0 Å². The van der Waals surface area contributed by atoms with E-state index in [1.165, 1.54) is 0 Å². The Morgan fingerprint density at radius 2 is 2.09 bits per heavy atom. The summed E-state index contributed by atoms with van der Waals surface area (Å²) in [7, 11) is 0. The Hall–Kier alpha value is -1.54. The lowest BCUT2D eigenvalue weighted by Gasteiger charge is -2.12. The molecule has 0 aliphatic carbocycles. The van der Waals surface area contributed by atoms with Gasteiger partial charge in [-0.15, -0.1) is 0 Å². The van der Waals surface area contributed by atoms with Gasteiger partial charge in [-0.3, -0.25) is 9.59 Å². The van der Waals surface area contributed by atoms with Gasteiger partial charge < -0.3 is 14.6 Å². The number of carbonyl (C=O) groups excluding carboxylic acids is 1. The molecule has 9 heteroatoms. The van der Waals surface area contributed by atoms with Gasteiger partial charge in [-0.1, -0.05) is 11.6 Å². The zero-order chi connectivity index (χ0) is 17.6. The summed E-state index contributed by atoms with van der Waals surface area (Å²) in [5.41, 5.74) is -1.93. The fraction of sp³-hybridized carbons (Fsp3) is 0.571. The molecular weight excluding hydrogens is 337 g/mol. The molecular formula is C14H18ClF3N2O3. The Morgan fingerprint density at radius 1 is 1.43 bits per heavy atom. The third kappa shape index (κ3) is 6.62. The minimum atomic E-state index is -4.65. The highest BCUT2D eigenvalue weighted by Crippen LogP contribution is 2.29. The van der Waals surface area contributed by atoms with E-state index in [0.29, 0.717) is 36.4 Å². The maximum absolute atomic E-state index is 12.7. The van der Waals surface area contributed by atoms with Crippen molar-refractivity contribution in [1.82, 2.24) is 9.88 Å². The molecule has 1 N–H and O–H groups in total. The summed E-state index contributed by atoms with van der Waals surface area (Å²) in [5.74, 6) is -0.577. The third-order valence-electron chi connectivity index (χ3n) is 2.78. The highest BCUT2D eigenvalue weighted by molar-refractivity contribution is 6.30. The number of amides is 1. The first-order valence-corrected chi connectivity index (χ1v) is 7.34. The molecule has 0 fully saturated rings. The summed E-state index contributed by atoms with van der Waals surface area (Å²) in [6.45, 7) is 3.97. The highest BCUT2D eigenvalue weighted by atomic mass is 35.5. The number of halogens is 4. The first-order valence-electron chi connectivity index (χ1n) is 6.96. The monoisotopic (exact) mass is 354 g/mol. The number of rotatable bonds is 7. The molecule has 0 aromatic carbocycles. The van der Waals surface area contributed by atoms with Gasteiger partial charge in [0.2, 0.25) is 5.91 Å². The predicted octanol–water partition coefficient (Wildman–Crippen LogP) is 2.45. The van der Waals surface area contributed by atoms with Crippen LogP contribution in [0.15, 0.2) is 17.1 Å². The van der Waals surface area contributed by atoms with Crippen molar-refractivity contribution in [3.8, 4) is 0 Å².